The summed E-state index contributed by atoms with van der Waals surface area (Å²) in [5.74, 6) is -2.08. The average molecular weight is 541 g/mol. The van der Waals surface area contributed by atoms with Crippen molar-refractivity contribution in [2.75, 3.05) is 6.61 Å². The molecule has 3 aromatic carbocycles. The summed E-state index contributed by atoms with van der Waals surface area (Å²) >= 11 is 0. The monoisotopic (exact) mass is 540 g/mol. The van der Waals surface area contributed by atoms with Gasteiger partial charge in [-0.2, -0.15) is 9.78 Å². The number of carbonyl (C=O) groups excluding carboxylic acids is 3. The maximum absolute atomic E-state index is 13.1. The fourth-order valence-electron chi connectivity index (χ4n) is 4.21. The van der Waals surface area contributed by atoms with Crippen molar-refractivity contribution in [3.63, 3.8) is 0 Å². The van der Waals surface area contributed by atoms with Gasteiger partial charge >= 0.3 is 17.9 Å². The van der Waals surface area contributed by atoms with E-state index in [-0.39, 0.29) is 17.7 Å². The second-order valence-corrected chi connectivity index (χ2v) is 8.81. The highest BCUT2D eigenvalue weighted by atomic mass is 16.7. The summed E-state index contributed by atoms with van der Waals surface area (Å²) in [5.41, 5.74) is 0.252. The standard InChI is InChI=1S/C30H24N2O8/c33-24-17-10-18-31-32(24)27-26(40-30(36)22-15-8-3-9-16-22)25(39-29(35)21-13-6-2-7-14-21)23(38-27)19-37-28(34)20-11-4-1-5-12-20/h1-18,23,25-27H,19H2. The van der Waals surface area contributed by atoms with Gasteiger partial charge in [-0.1, -0.05) is 54.6 Å². The number of hydrogen-bond acceptors (Lipinski definition) is 9. The molecule has 1 fully saturated rings. The molecule has 4 atom stereocenters. The highest BCUT2D eigenvalue weighted by Crippen LogP contribution is 2.34. The average Bonchev–Trinajstić information content (AvgIpc) is 3.33. The Bertz CT molecular complexity index is 1530. The molecule has 1 aliphatic heterocycles. The molecule has 1 aliphatic rings. The SMILES string of the molecule is O=C(OCC1OC(n2ncccc2=O)C(OC(=O)c2ccccc2)C1OC(=O)c1ccccc1)c1ccccc1. The van der Waals surface area contributed by atoms with Crippen LogP contribution in [0.25, 0.3) is 0 Å². The molecule has 0 bridgehead atoms. The van der Waals surface area contributed by atoms with Gasteiger partial charge in [-0.15, -0.1) is 0 Å². The lowest BCUT2D eigenvalue weighted by Crippen LogP contribution is -2.42. The topological polar surface area (TPSA) is 123 Å². The van der Waals surface area contributed by atoms with Gasteiger partial charge in [0.1, 0.15) is 12.7 Å². The molecule has 0 amide bonds. The van der Waals surface area contributed by atoms with Crippen molar-refractivity contribution in [1.82, 2.24) is 9.78 Å². The van der Waals surface area contributed by atoms with Crippen LogP contribution >= 0.6 is 0 Å². The fraction of sp³-hybridized carbons (Fsp3) is 0.167. The predicted octanol–water partition coefficient (Wildman–Crippen LogP) is 3.45. The number of aromatic nitrogens is 2. The Hall–Kier alpha value is -5.09. The second-order valence-electron chi connectivity index (χ2n) is 8.81. The smallest absolute Gasteiger partial charge is 0.338 e. The van der Waals surface area contributed by atoms with E-state index in [1.807, 2.05) is 0 Å². The lowest BCUT2D eigenvalue weighted by molar-refractivity contribution is -0.0692. The molecule has 4 aromatic rings. The van der Waals surface area contributed by atoms with Crippen molar-refractivity contribution in [3.05, 3.63) is 136 Å². The molecular formula is C30H24N2O8. The van der Waals surface area contributed by atoms with Crippen molar-refractivity contribution in [1.29, 1.82) is 0 Å². The van der Waals surface area contributed by atoms with Gasteiger partial charge in [0, 0.05) is 12.3 Å². The van der Waals surface area contributed by atoms with E-state index in [1.54, 1.807) is 91.0 Å². The van der Waals surface area contributed by atoms with Crippen molar-refractivity contribution in [2.45, 2.75) is 24.5 Å². The zero-order valence-corrected chi connectivity index (χ0v) is 21.1. The van der Waals surface area contributed by atoms with Crippen LogP contribution in [-0.2, 0) is 18.9 Å². The zero-order chi connectivity index (χ0) is 27.9. The second kappa shape index (κ2) is 12.2. The molecule has 0 saturated carbocycles. The summed E-state index contributed by atoms with van der Waals surface area (Å²) in [5, 5.41) is 4.08. The Balaban J connectivity index is 1.48. The van der Waals surface area contributed by atoms with Crippen molar-refractivity contribution >= 4 is 17.9 Å². The van der Waals surface area contributed by atoms with Crippen molar-refractivity contribution in [2.24, 2.45) is 0 Å². The lowest BCUT2D eigenvalue weighted by atomic mass is 10.1. The molecule has 0 aliphatic carbocycles. The Kier molecular flexibility index (Phi) is 8.07. The number of carbonyl (C=O) groups is 3. The summed E-state index contributed by atoms with van der Waals surface area (Å²) < 4.78 is 24.2. The van der Waals surface area contributed by atoms with Crippen LogP contribution in [0.4, 0.5) is 0 Å². The molecule has 2 heterocycles. The van der Waals surface area contributed by atoms with Crippen LogP contribution in [0.5, 0.6) is 0 Å². The van der Waals surface area contributed by atoms with E-state index in [1.165, 1.54) is 18.3 Å². The van der Waals surface area contributed by atoms with Gasteiger partial charge < -0.3 is 18.9 Å². The first kappa shape index (κ1) is 26.5. The normalized spacial score (nSPS) is 19.9. The van der Waals surface area contributed by atoms with Crippen LogP contribution in [0.1, 0.15) is 37.3 Å². The third-order valence-corrected chi connectivity index (χ3v) is 6.16. The highest BCUT2D eigenvalue weighted by molar-refractivity contribution is 5.91. The van der Waals surface area contributed by atoms with Gasteiger partial charge in [0.05, 0.1) is 16.7 Å². The van der Waals surface area contributed by atoms with E-state index in [2.05, 4.69) is 5.10 Å². The molecule has 1 aromatic heterocycles. The van der Waals surface area contributed by atoms with Crippen LogP contribution < -0.4 is 5.56 Å². The number of ether oxygens (including phenoxy) is 4. The molecular weight excluding hydrogens is 516 g/mol. The predicted molar refractivity (Wildman–Crippen MR) is 140 cm³/mol. The summed E-state index contributed by atoms with van der Waals surface area (Å²) in [6.45, 7) is -0.363. The van der Waals surface area contributed by atoms with E-state index in [0.717, 1.165) is 4.68 Å². The summed E-state index contributed by atoms with van der Waals surface area (Å²) in [7, 11) is 0. The van der Waals surface area contributed by atoms with Crippen molar-refractivity contribution in [3.8, 4) is 0 Å². The van der Waals surface area contributed by atoms with Gasteiger partial charge in [-0.25, -0.2) is 14.4 Å². The van der Waals surface area contributed by atoms with E-state index in [9.17, 15) is 19.2 Å². The third kappa shape index (κ3) is 5.97. The first-order chi connectivity index (χ1) is 19.5. The Morgan fingerprint density at radius 2 is 1.18 bits per heavy atom. The highest BCUT2D eigenvalue weighted by Gasteiger charge is 2.52. The molecule has 40 heavy (non-hydrogen) atoms. The summed E-state index contributed by atoms with van der Waals surface area (Å²) in [6, 6.07) is 27.4. The van der Waals surface area contributed by atoms with Crippen LogP contribution in [0, 0.1) is 0 Å². The van der Waals surface area contributed by atoms with Gasteiger partial charge in [0.25, 0.3) is 5.56 Å². The van der Waals surface area contributed by atoms with Gasteiger partial charge in [0.15, 0.2) is 18.4 Å². The lowest BCUT2D eigenvalue weighted by Gasteiger charge is -2.24. The molecule has 4 unspecified atom stereocenters. The molecule has 202 valence electrons. The van der Waals surface area contributed by atoms with E-state index >= 15 is 0 Å². The van der Waals surface area contributed by atoms with Gasteiger partial charge in [-0.3, -0.25) is 4.79 Å². The molecule has 1 saturated heterocycles. The maximum atomic E-state index is 13.1. The number of rotatable bonds is 8. The van der Waals surface area contributed by atoms with Gasteiger partial charge in [-0.05, 0) is 42.5 Å². The van der Waals surface area contributed by atoms with Crippen molar-refractivity contribution < 1.29 is 33.3 Å². The van der Waals surface area contributed by atoms with Gasteiger partial charge in [0.2, 0.25) is 0 Å². The van der Waals surface area contributed by atoms with Crippen LogP contribution in [0.15, 0.2) is 114 Å². The Morgan fingerprint density at radius 3 is 1.70 bits per heavy atom. The number of esters is 3. The third-order valence-electron chi connectivity index (χ3n) is 6.16. The molecule has 10 heteroatoms. The Morgan fingerprint density at radius 1 is 0.675 bits per heavy atom. The largest absolute Gasteiger partial charge is 0.459 e. The number of nitrogens with zero attached hydrogens (tertiary/aromatic N) is 2. The van der Waals surface area contributed by atoms with Crippen LogP contribution in [-0.4, -0.2) is 52.6 Å². The number of benzene rings is 3. The molecule has 10 nitrogen and oxygen atoms in total. The minimum absolute atomic E-state index is 0.238. The minimum Gasteiger partial charge on any atom is -0.459 e. The molecule has 0 spiro atoms. The maximum Gasteiger partial charge on any atom is 0.338 e. The van der Waals surface area contributed by atoms with Crippen LogP contribution in [0.2, 0.25) is 0 Å². The minimum atomic E-state index is -1.31. The first-order valence-electron chi connectivity index (χ1n) is 12.4. The van der Waals surface area contributed by atoms with Crippen LogP contribution in [0.3, 0.4) is 0 Å². The summed E-state index contributed by atoms with van der Waals surface area (Å²) in [6.07, 6.45) is -3.59. The molecule has 0 N–H and O–H groups in total. The van der Waals surface area contributed by atoms with E-state index < -0.39 is 48.0 Å². The fourth-order valence-corrected chi connectivity index (χ4v) is 4.21. The molecule has 0 radical (unpaired) electrons. The van der Waals surface area contributed by atoms with E-state index in [0.29, 0.717) is 5.56 Å². The summed E-state index contributed by atoms with van der Waals surface area (Å²) in [4.78, 5) is 51.6. The Labute approximate surface area is 228 Å². The molecule has 5 rings (SSSR count). The quantitative estimate of drug-likeness (QED) is 0.244. The first-order valence-corrected chi connectivity index (χ1v) is 12.4. The number of hydrogen-bond donors (Lipinski definition) is 0. The zero-order valence-electron chi connectivity index (χ0n) is 21.1. The van der Waals surface area contributed by atoms with E-state index in [4.69, 9.17) is 18.9 Å².